The summed E-state index contributed by atoms with van der Waals surface area (Å²) in [5.41, 5.74) is 0. The maximum absolute atomic E-state index is 12.3. The molecule has 0 aromatic rings. The quantitative estimate of drug-likeness (QED) is 0.395. The van der Waals surface area contributed by atoms with Gasteiger partial charge in [-0.25, -0.2) is 17.6 Å². The molecule has 4 unspecified atom stereocenters. The summed E-state index contributed by atoms with van der Waals surface area (Å²) in [6, 6.07) is 0. The molecule has 2 rings (SSSR count). The summed E-state index contributed by atoms with van der Waals surface area (Å²) in [5, 5.41) is 0. The third-order valence-electron chi connectivity index (χ3n) is 2.44. The minimum atomic E-state index is -1.98. The number of ether oxygens (including phenoxy) is 1. The smallest absolute Gasteiger partial charge is 0.322 e. The van der Waals surface area contributed by atoms with Gasteiger partial charge >= 0.3 is 11.9 Å². The highest BCUT2D eigenvalue weighted by atomic mass is 19.2. The van der Waals surface area contributed by atoms with Gasteiger partial charge in [-0.3, -0.25) is 9.59 Å². The highest BCUT2D eigenvalue weighted by Gasteiger charge is 2.62. The van der Waals surface area contributed by atoms with Crippen LogP contribution in [0.5, 0.6) is 0 Å². The molecule has 84 valence electrons. The van der Waals surface area contributed by atoms with Gasteiger partial charge in [0.15, 0.2) is 0 Å². The van der Waals surface area contributed by atoms with Crippen LogP contribution in [0.15, 0.2) is 0 Å². The van der Waals surface area contributed by atoms with Crippen LogP contribution in [-0.4, -0.2) is 36.6 Å². The lowest BCUT2D eigenvalue weighted by molar-refractivity contribution is -0.162. The van der Waals surface area contributed by atoms with Gasteiger partial charge in [-0.05, 0) is 0 Å². The Bertz CT molecular complexity index is 275. The molecular weight excluding hydrogens is 220 g/mol. The number of esters is 2. The third-order valence-corrected chi connectivity index (χ3v) is 2.44. The Morgan fingerprint density at radius 2 is 1.00 bits per heavy atom. The molecule has 0 aromatic heterocycles. The van der Waals surface area contributed by atoms with Crippen LogP contribution in [0.4, 0.5) is 17.6 Å². The molecule has 0 bridgehead atoms. The van der Waals surface area contributed by atoms with Gasteiger partial charge in [-0.2, -0.15) is 0 Å². The van der Waals surface area contributed by atoms with E-state index in [1.54, 1.807) is 0 Å². The molecule has 2 aliphatic rings. The molecular formula is C8H6F4O3. The van der Waals surface area contributed by atoms with Gasteiger partial charge < -0.3 is 4.74 Å². The van der Waals surface area contributed by atoms with E-state index in [1.807, 2.05) is 0 Å². The SMILES string of the molecule is O=C(OC(=O)C1C(F)C1F)C1C(F)C1F. The number of rotatable bonds is 2. The molecule has 0 saturated heterocycles. The maximum Gasteiger partial charge on any atom is 0.322 e. The fraction of sp³-hybridized carbons (Fsp3) is 0.750. The van der Waals surface area contributed by atoms with Crippen LogP contribution in [-0.2, 0) is 14.3 Å². The highest BCUT2D eigenvalue weighted by Crippen LogP contribution is 2.41. The van der Waals surface area contributed by atoms with Gasteiger partial charge in [0.1, 0.15) is 36.5 Å². The first-order valence-corrected chi connectivity index (χ1v) is 4.27. The molecule has 0 amide bonds. The van der Waals surface area contributed by atoms with Crippen molar-refractivity contribution in [1.29, 1.82) is 0 Å². The molecule has 0 spiro atoms. The first-order valence-electron chi connectivity index (χ1n) is 4.27. The Kier molecular flexibility index (Phi) is 2.20. The number of alkyl halides is 4. The standard InChI is InChI=1S/C8H6F4O3/c9-3-1(4(3)10)7(13)15-8(14)2-5(11)6(2)12/h1-6H. The molecule has 0 aromatic carbocycles. The van der Waals surface area contributed by atoms with Crippen molar-refractivity contribution in [3.8, 4) is 0 Å². The van der Waals surface area contributed by atoms with E-state index in [-0.39, 0.29) is 0 Å². The third kappa shape index (κ3) is 1.59. The largest absolute Gasteiger partial charge is 0.392 e. The first-order chi connectivity index (χ1) is 6.95. The van der Waals surface area contributed by atoms with Gasteiger partial charge in [0.05, 0.1) is 0 Å². The fourth-order valence-corrected chi connectivity index (χ4v) is 1.23. The van der Waals surface area contributed by atoms with Crippen molar-refractivity contribution in [2.75, 3.05) is 0 Å². The van der Waals surface area contributed by atoms with E-state index in [1.165, 1.54) is 0 Å². The number of hydrogen-bond acceptors (Lipinski definition) is 3. The Hall–Kier alpha value is -1.14. The van der Waals surface area contributed by atoms with Crippen LogP contribution in [0.25, 0.3) is 0 Å². The summed E-state index contributed by atoms with van der Waals surface area (Å²) in [6.07, 6.45) is -7.92. The molecule has 2 saturated carbocycles. The summed E-state index contributed by atoms with van der Waals surface area (Å²) >= 11 is 0. The molecule has 4 atom stereocenters. The van der Waals surface area contributed by atoms with E-state index in [0.29, 0.717) is 0 Å². The van der Waals surface area contributed by atoms with Crippen molar-refractivity contribution < 1.29 is 31.9 Å². The Labute approximate surface area is 81.4 Å². The molecule has 0 aliphatic heterocycles. The van der Waals surface area contributed by atoms with Crippen molar-refractivity contribution in [3.05, 3.63) is 0 Å². The average molecular weight is 226 g/mol. The normalized spacial score (nSPS) is 47.2. The topological polar surface area (TPSA) is 43.4 Å². The number of halogens is 4. The van der Waals surface area contributed by atoms with Crippen molar-refractivity contribution in [1.82, 2.24) is 0 Å². The minimum absolute atomic E-state index is 1.40. The second-order valence-corrected chi connectivity index (χ2v) is 3.57. The Morgan fingerprint density at radius 3 is 1.20 bits per heavy atom. The molecule has 0 N–H and O–H groups in total. The number of carbonyl (C=O) groups is 2. The second-order valence-electron chi connectivity index (χ2n) is 3.57. The van der Waals surface area contributed by atoms with Crippen LogP contribution in [0, 0.1) is 11.8 Å². The predicted molar refractivity (Wildman–Crippen MR) is 37.7 cm³/mol. The summed E-state index contributed by atoms with van der Waals surface area (Å²) in [6.45, 7) is 0. The summed E-state index contributed by atoms with van der Waals surface area (Å²) in [5.74, 6) is -6.04. The van der Waals surface area contributed by atoms with E-state index < -0.39 is 48.5 Å². The van der Waals surface area contributed by atoms with Gasteiger partial charge in [-0.1, -0.05) is 0 Å². The molecule has 2 aliphatic carbocycles. The van der Waals surface area contributed by atoms with E-state index in [2.05, 4.69) is 4.74 Å². The van der Waals surface area contributed by atoms with E-state index in [9.17, 15) is 27.2 Å². The monoisotopic (exact) mass is 226 g/mol. The summed E-state index contributed by atoms with van der Waals surface area (Å²) in [4.78, 5) is 21.6. The lowest BCUT2D eigenvalue weighted by Gasteiger charge is -1.98. The number of hydrogen-bond donors (Lipinski definition) is 0. The van der Waals surface area contributed by atoms with E-state index >= 15 is 0 Å². The second kappa shape index (κ2) is 3.18. The molecule has 0 heterocycles. The predicted octanol–water partition coefficient (Wildman–Crippen LogP) is 0.668. The van der Waals surface area contributed by atoms with E-state index in [0.717, 1.165) is 0 Å². The fourth-order valence-electron chi connectivity index (χ4n) is 1.23. The van der Waals surface area contributed by atoms with Crippen molar-refractivity contribution in [3.63, 3.8) is 0 Å². The van der Waals surface area contributed by atoms with Crippen molar-refractivity contribution >= 4 is 11.9 Å². The number of carbonyl (C=O) groups excluding carboxylic acids is 2. The van der Waals surface area contributed by atoms with E-state index in [4.69, 9.17) is 0 Å². The molecule has 2 fully saturated rings. The van der Waals surface area contributed by atoms with Crippen LogP contribution in [0.2, 0.25) is 0 Å². The van der Waals surface area contributed by atoms with Crippen LogP contribution < -0.4 is 0 Å². The Morgan fingerprint density at radius 1 is 0.733 bits per heavy atom. The minimum Gasteiger partial charge on any atom is -0.392 e. The Balaban J connectivity index is 1.83. The van der Waals surface area contributed by atoms with Crippen LogP contribution in [0.1, 0.15) is 0 Å². The molecule has 7 heteroatoms. The zero-order valence-electron chi connectivity index (χ0n) is 7.20. The first kappa shape index (κ1) is 10.4. The van der Waals surface area contributed by atoms with Crippen LogP contribution >= 0.6 is 0 Å². The highest BCUT2D eigenvalue weighted by molar-refractivity contribution is 5.92. The zero-order valence-corrected chi connectivity index (χ0v) is 7.20. The van der Waals surface area contributed by atoms with Crippen molar-refractivity contribution in [2.45, 2.75) is 24.7 Å². The summed E-state index contributed by atoms with van der Waals surface area (Å²) in [7, 11) is 0. The molecule has 0 radical (unpaired) electrons. The lowest BCUT2D eigenvalue weighted by Crippen LogP contribution is -2.18. The van der Waals surface area contributed by atoms with Gasteiger partial charge in [0.25, 0.3) is 0 Å². The van der Waals surface area contributed by atoms with Crippen LogP contribution in [0.3, 0.4) is 0 Å². The van der Waals surface area contributed by atoms with Gasteiger partial charge in [-0.15, -0.1) is 0 Å². The molecule has 15 heavy (non-hydrogen) atoms. The lowest BCUT2D eigenvalue weighted by atomic mass is 10.4. The van der Waals surface area contributed by atoms with Gasteiger partial charge in [0, 0.05) is 0 Å². The summed E-state index contributed by atoms with van der Waals surface area (Å²) < 4.78 is 53.2. The van der Waals surface area contributed by atoms with Gasteiger partial charge in [0.2, 0.25) is 0 Å². The average Bonchev–Trinajstić information content (AvgIpc) is 2.93. The zero-order chi connectivity index (χ0) is 11.3. The maximum atomic E-state index is 12.3. The molecule has 3 nitrogen and oxygen atoms in total. The van der Waals surface area contributed by atoms with Crippen molar-refractivity contribution in [2.24, 2.45) is 11.8 Å².